The van der Waals surface area contributed by atoms with E-state index in [0.717, 1.165) is 5.56 Å². The van der Waals surface area contributed by atoms with Crippen molar-refractivity contribution in [1.29, 1.82) is 5.26 Å². The van der Waals surface area contributed by atoms with E-state index in [1.807, 2.05) is 6.07 Å². The van der Waals surface area contributed by atoms with E-state index in [-0.39, 0.29) is 12.1 Å². The first-order chi connectivity index (χ1) is 11.1. The van der Waals surface area contributed by atoms with Crippen LogP contribution in [0.5, 0.6) is 0 Å². The van der Waals surface area contributed by atoms with Crippen molar-refractivity contribution in [3.8, 4) is 6.07 Å². The number of carbonyl (C=O) groups is 2. The van der Waals surface area contributed by atoms with Crippen molar-refractivity contribution >= 4 is 11.9 Å². The van der Waals surface area contributed by atoms with Gasteiger partial charge in [-0.25, -0.2) is 4.79 Å². The van der Waals surface area contributed by atoms with Gasteiger partial charge in [-0.15, -0.1) is 0 Å². The lowest BCUT2D eigenvalue weighted by molar-refractivity contribution is -0.142. The molecule has 0 radical (unpaired) electrons. The van der Waals surface area contributed by atoms with Crippen molar-refractivity contribution in [3.05, 3.63) is 65.5 Å². The van der Waals surface area contributed by atoms with Crippen LogP contribution in [0.1, 0.15) is 21.6 Å². The average Bonchev–Trinajstić information content (AvgIpc) is 2.61. The number of nitrogens with one attached hydrogen (secondary N) is 1. The molecule has 0 unspecified atom stereocenters. The van der Waals surface area contributed by atoms with Crippen LogP contribution in [0, 0.1) is 11.3 Å². The number of carbonyl (C=O) groups excluding carboxylic acids is 2. The highest BCUT2D eigenvalue weighted by molar-refractivity contribution is 5.95. The van der Waals surface area contributed by atoms with Gasteiger partial charge in [-0.1, -0.05) is 18.2 Å². The molecule has 6 nitrogen and oxygen atoms in total. The molecule has 0 spiro atoms. The summed E-state index contributed by atoms with van der Waals surface area (Å²) in [6.45, 7) is 0. The summed E-state index contributed by atoms with van der Waals surface area (Å²) in [7, 11) is 1.26. The van der Waals surface area contributed by atoms with Crippen LogP contribution in [-0.4, -0.2) is 30.0 Å². The summed E-state index contributed by atoms with van der Waals surface area (Å²) in [4.78, 5) is 28.0. The SMILES string of the molecule is COC(=O)[C@H](Cc1cccc(C#N)c1)NC(=O)c1ccccn1. The van der Waals surface area contributed by atoms with Crippen molar-refractivity contribution in [2.75, 3.05) is 7.11 Å². The number of benzene rings is 1. The van der Waals surface area contributed by atoms with E-state index in [9.17, 15) is 9.59 Å². The fourth-order valence-corrected chi connectivity index (χ4v) is 2.07. The summed E-state index contributed by atoms with van der Waals surface area (Å²) in [6, 6.07) is 13.0. The number of methoxy groups -OCH3 is 1. The van der Waals surface area contributed by atoms with E-state index in [1.54, 1.807) is 42.5 Å². The van der Waals surface area contributed by atoms with Gasteiger partial charge in [0.2, 0.25) is 0 Å². The number of nitrogens with zero attached hydrogens (tertiary/aromatic N) is 2. The van der Waals surface area contributed by atoms with Gasteiger partial charge in [0.15, 0.2) is 0 Å². The highest BCUT2D eigenvalue weighted by Gasteiger charge is 2.23. The predicted octanol–water partition coefficient (Wildman–Crippen LogP) is 1.47. The van der Waals surface area contributed by atoms with Gasteiger partial charge in [-0.2, -0.15) is 5.26 Å². The first-order valence-electron chi connectivity index (χ1n) is 6.93. The van der Waals surface area contributed by atoms with Crippen molar-refractivity contribution in [1.82, 2.24) is 10.3 Å². The lowest BCUT2D eigenvalue weighted by atomic mass is 10.0. The van der Waals surface area contributed by atoms with Gasteiger partial charge in [0, 0.05) is 12.6 Å². The molecule has 2 rings (SSSR count). The van der Waals surface area contributed by atoms with Crippen LogP contribution >= 0.6 is 0 Å². The van der Waals surface area contributed by atoms with E-state index >= 15 is 0 Å². The van der Waals surface area contributed by atoms with Crippen molar-refractivity contribution < 1.29 is 14.3 Å². The Bertz CT molecular complexity index is 738. The monoisotopic (exact) mass is 309 g/mol. The van der Waals surface area contributed by atoms with Crippen LogP contribution < -0.4 is 5.32 Å². The van der Waals surface area contributed by atoms with Crippen molar-refractivity contribution in [2.24, 2.45) is 0 Å². The zero-order chi connectivity index (χ0) is 16.7. The van der Waals surface area contributed by atoms with Gasteiger partial charge in [0.25, 0.3) is 5.91 Å². The highest BCUT2D eigenvalue weighted by Crippen LogP contribution is 2.09. The normalized spacial score (nSPS) is 11.1. The van der Waals surface area contributed by atoms with Gasteiger partial charge in [-0.3, -0.25) is 9.78 Å². The number of nitriles is 1. The molecule has 1 heterocycles. The van der Waals surface area contributed by atoms with Crippen molar-refractivity contribution in [3.63, 3.8) is 0 Å². The first-order valence-corrected chi connectivity index (χ1v) is 6.93. The van der Waals surface area contributed by atoms with Crippen LogP contribution in [0.25, 0.3) is 0 Å². The number of esters is 1. The molecule has 116 valence electrons. The van der Waals surface area contributed by atoms with Gasteiger partial charge < -0.3 is 10.1 Å². The molecular weight excluding hydrogens is 294 g/mol. The highest BCUT2D eigenvalue weighted by atomic mass is 16.5. The number of ether oxygens (including phenoxy) is 1. The maximum Gasteiger partial charge on any atom is 0.328 e. The Hall–Kier alpha value is -3.20. The molecule has 1 aromatic heterocycles. The summed E-state index contributed by atoms with van der Waals surface area (Å²) in [5.74, 6) is -1.02. The average molecular weight is 309 g/mol. The van der Waals surface area contributed by atoms with Crippen LogP contribution in [0.2, 0.25) is 0 Å². The number of aromatic nitrogens is 1. The van der Waals surface area contributed by atoms with E-state index in [0.29, 0.717) is 5.56 Å². The third-order valence-corrected chi connectivity index (χ3v) is 3.18. The summed E-state index contributed by atoms with van der Waals surface area (Å²) in [5.41, 5.74) is 1.45. The van der Waals surface area contributed by atoms with Gasteiger partial charge in [-0.05, 0) is 29.8 Å². The van der Waals surface area contributed by atoms with Crippen LogP contribution in [0.4, 0.5) is 0 Å². The molecule has 23 heavy (non-hydrogen) atoms. The summed E-state index contributed by atoms with van der Waals surface area (Å²) in [6.07, 6.45) is 1.72. The van der Waals surface area contributed by atoms with Crippen molar-refractivity contribution in [2.45, 2.75) is 12.5 Å². The minimum absolute atomic E-state index is 0.215. The Morgan fingerprint density at radius 1 is 1.30 bits per heavy atom. The number of rotatable bonds is 5. The summed E-state index contributed by atoms with van der Waals surface area (Å²) in [5, 5.41) is 11.5. The Kier molecular flexibility index (Phi) is 5.42. The minimum Gasteiger partial charge on any atom is -0.467 e. The number of hydrogen-bond acceptors (Lipinski definition) is 5. The third-order valence-electron chi connectivity index (χ3n) is 3.18. The third kappa shape index (κ3) is 4.38. The van der Waals surface area contributed by atoms with E-state index in [2.05, 4.69) is 10.3 Å². The Morgan fingerprint density at radius 3 is 2.78 bits per heavy atom. The smallest absolute Gasteiger partial charge is 0.328 e. The number of pyridine rings is 1. The Balaban J connectivity index is 2.16. The maximum absolute atomic E-state index is 12.2. The standard InChI is InChI=1S/C17H15N3O3/c1-23-17(22)15(10-12-5-4-6-13(9-12)11-18)20-16(21)14-7-2-3-8-19-14/h2-9,15H,10H2,1H3,(H,20,21)/t15-/m0/s1. The molecule has 6 heteroatoms. The molecule has 0 aliphatic carbocycles. The second kappa shape index (κ2) is 7.71. The minimum atomic E-state index is -0.858. The largest absolute Gasteiger partial charge is 0.467 e. The molecule has 0 saturated heterocycles. The maximum atomic E-state index is 12.2. The van der Waals surface area contributed by atoms with Crippen LogP contribution in [0.15, 0.2) is 48.7 Å². The molecule has 0 bridgehead atoms. The second-order valence-electron chi connectivity index (χ2n) is 4.78. The van der Waals surface area contributed by atoms with Gasteiger partial charge in [0.05, 0.1) is 18.7 Å². The van der Waals surface area contributed by atoms with Gasteiger partial charge in [0.1, 0.15) is 11.7 Å². The van der Waals surface area contributed by atoms with Crippen LogP contribution in [0.3, 0.4) is 0 Å². The topological polar surface area (TPSA) is 92.1 Å². The van der Waals surface area contributed by atoms with E-state index in [1.165, 1.54) is 13.3 Å². The number of hydrogen-bond donors (Lipinski definition) is 1. The van der Waals surface area contributed by atoms with Gasteiger partial charge >= 0.3 is 5.97 Å². The zero-order valence-electron chi connectivity index (χ0n) is 12.5. The van der Waals surface area contributed by atoms with E-state index < -0.39 is 17.9 Å². The molecular formula is C17H15N3O3. The Morgan fingerprint density at radius 2 is 2.13 bits per heavy atom. The number of amides is 1. The molecule has 0 aliphatic rings. The molecule has 1 N–H and O–H groups in total. The molecule has 0 saturated carbocycles. The molecule has 1 amide bonds. The first kappa shape index (κ1) is 16.2. The predicted molar refractivity (Wildman–Crippen MR) is 82.4 cm³/mol. The summed E-state index contributed by atoms with van der Waals surface area (Å²) >= 11 is 0. The van der Waals surface area contributed by atoms with E-state index in [4.69, 9.17) is 10.00 Å². The molecule has 2 aromatic rings. The summed E-state index contributed by atoms with van der Waals surface area (Å²) < 4.78 is 4.74. The molecule has 1 aromatic carbocycles. The molecule has 0 aliphatic heterocycles. The lowest BCUT2D eigenvalue weighted by Crippen LogP contribution is -2.43. The van der Waals surface area contributed by atoms with Crippen LogP contribution in [-0.2, 0) is 16.0 Å². The fourth-order valence-electron chi connectivity index (χ4n) is 2.07. The Labute approximate surface area is 133 Å². The fraction of sp³-hybridized carbons (Fsp3) is 0.176. The quantitative estimate of drug-likeness (QED) is 0.844. The molecule has 0 fully saturated rings. The zero-order valence-corrected chi connectivity index (χ0v) is 12.5. The molecule has 1 atom stereocenters. The lowest BCUT2D eigenvalue weighted by Gasteiger charge is -2.16. The second-order valence-corrected chi connectivity index (χ2v) is 4.78.